The predicted molar refractivity (Wildman–Crippen MR) is 149 cm³/mol. The third kappa shape index (κ3) is 6.25. The zero-order chi connectivity index (χ0) is 26.6. The van der Waals surface area contributed by atoms with Crippen molar-refractivity contribution in [1.82, 2.24) is 14.8 Å². The summed E-state index contributed by atoms with van der Waals surface area (Å²) in [5.74, 6) is 1.42. The molecule has 194 valence electrons. The fraction of sp³-hybridized carbons (Fsp3) is 0.429. The Balaban J connectivity index is 1.42. The molecule has 2 aromatic heterocycles. The van der Waals surface area contributed by atoms with Crippen molar-refractivity contribution >= 4 is 34.0 Å². The number of aromatic nitrogens is 3. The minimum Gasteiger partial charge on any atom is -0.483 e. The Morgan fingerprint density at radius 2 is 2.03 bits per heavy atom. The van der Waals surface area contributed by atoms with E-state index in [0.717, 1.165) is 37.0 Å². The van der Waals surface area contributed by atoms with E-state index in [9.17, 15) is 10.1 Å². The number of carbonyl (C=O) groups excluding carboxylic acids is 1. The number of hydrogen-bond donors (Lipinski definition) is 1. The van der Waals surface area contributed by atoms with Gasteiger partial charge in [-0.15, -0.1) is 28.1 Å². The van der Waals surface area contributed by atoms with Crippen LogP contribution in [0.3, 0.4) is 0 Å². The zero-order valence-corrected chi connectivity index (χ0v) is 23.5. The number of fused-ring (bicyclic) bond motifs is 1. The van der Waals surface area contributed by atoms with Crippen molar-refractivity contribution in [2.45, 2.75) is 76.6 Å². The van der Waals surface area contributed by atoms with Crippen molar-refractivity contribution in [3.63, 3.8) is 0 Å². The molecule has 37 heavy (non-hydrogen) atoms. The summed E-state index contributed by atoms with van der Waals surface area (Å²) in [5.41, 5.74) is 3.05. The van der Waals surface area contributed by atoms with Crippen LogP contribution >= 0.6 is 23.1 Å². The summed E-state index contributed by atoms with van der Waals surface area (Å²) in [6, 6.07) is 10.4. The lowest BCUT2D eigenvalue weighted by atomic mass is 9.87. The Labute approximate surface area is 226 Å². The van der Waals surface area contributed by atoms with Crippen molar-refractivity contribution in [1.29, 1.82) is 5.26 Å². The first kappa shape index (κ1) is 27.0. The lowest BCUT2D eigenvalue weighted by Gasteiger charge is -2.20. The van der Waals surface area contributed by atoms with E-state index in [1.54, 1.807) is 6.08 Å². The number of nitrogens with one attached hydrogen (secondary N) is 1. The van der Waals surface area contributed by atoms with Crippen LogP contribution in [0.25, 0.3) is 0 Å². The summed E-state index contributed by atoms with van der Waals surface area (Å²) < 4.78 is 8.08. The number of aryl methyl sites for hydroxylation is 1. The molecule has 0 radical (unpaired) electrons. The van der Waals surface area contributed by atoms with Gasteiger partial charge in [0.05, 0.1) is 11.3 Å². The average molecular weight is 536 g/mol. The highest BCUT2D eigenvalue weighted by molar-refractivity contribution is 7.99. The van der Waals surface area contributed by atoms with Crippen LogP contribution < -0.4 is 10.1 Å². The molecule has 2 heterocycles. The Hall–Kier alpha value is -3.09. The summed E-state index contributed by atoms with van der Waals surface area (Å²) in [6.07, 6.45) is 5.55. The number of ether oxygens (including phenoxy) is 1. The van der Waals surface area contributed by atoms with E-state index in [-0.39, 0.29) is 23.2 Å². The van der Waals surface area contributed by atoms with Gasteiger partial charge in [0.25, 0.3) is 0 Å². The van der Waals surface area contributed by atoms with Crippen molar-refractivity contribution in [2.75, 3.05) is 11.1 Å². The zero-order valence-electron chi connectivity index (χ0n) is 21.8. The second-order valence-corrected chi connectivity index (χ2v) is 12.2. The first-order valence-corrected chi connectivity index (χ1v) is 14.3. The minimum atomic E-state index is -0.341. The van der Waals surface area contributed by atoms with Crippen molar-refractivity contribution in [3.8, 4) is 11.8 Å². The van der Waals surface area contributed by atoms with Gasteiger partial charge in [-0.2, -0.15) is 5.26 Å². The molecule has 0 saturated carbocycles. The topological polar surface area (TPSA) is 92.8 Å². The summed E-state index contributed by atoms with van der Waals surface area (Å²) >= 11 is 2.84. The Bertz CT molecular complexity index is 1310. The van der Waals surface area contributed by atoms with E-state index in [1.165, 1.54) is 33.5 Å². The Morgan fingerprint density at radius 1 is 1.30 bits per heavy atom. The maximum absolute atomic E-state index is 12.8. The quantitative estimate of drug-likeness (QED) is 0.250. The Morgan fingerprint density at radius 3 is 2.70 bits per heavy atom. The molecule has 7 nitrogen and oxygen atoms in total. The van der Waals surface area contributed by atoms with Crippen LogP contribution in [0.1, 0.15) is 74.0 Å². The van der Waals surface area contributed by atoms with E-state index < -0.39 is 0 Å². The number of rotatable bonds is 9. The smallest absolute Gasteiger partial charge is 0.235 e. The summed E-state index contributed by atoms with van der Waals surface area (Å²) in [5, 5.41) is 22.6. The van der Waals surface area contributed by atoms with Gasteiger partial charge < -0.3 is 10.1 Å². The van der Waals surface area contributed by atoms with Gasteiger partial charge in [-0.25, -0.2) is 0 Å². The molecule has 0 bridgehead atoms. The summed E-state index contributed by atoms with van der Waals surface area (Å²) in [4.78, 5) is 14.0. The lowest BCUT2D eigenvalue weighted by Crippen LogP contribution is -2.15. The van der Waals surface area contributed by atoms with Gasteiger partial charge in [-0.3, -0.25) is 9.36 Å². The molecule has 0 spiro atoms. The highest BCUT2D eigenvalue weighted by Crippen LogP contribution is 2.37. The standard InChI is InChI=1S/C28H33N5O2S2/c1-6-15-33-25(18(2)35-20-13-11-19(12-14-20)28(3,4)5)31-32-27(33)36-17-24(34)30-26-22(16-29)21-9-7-8-10-23(21)37-26/h6,11-14,18H,1,7-10,15,17H2,2-5H3,(H,30,34). The number of thiophene rings is 1. The number of thioether (sulfide) groups is 1. The SMILES string of the molecule is C=CCn1c(SCC(=O)Nc2sc3c(c2C#N)CCCC3)nnc1C(C)Oc1ccc(C(C)(C)C)cc1. The summed E-state index contributed by atoms with van der Waals surface area (Å²) in [7, 11) is 0. The first-order valence-electron chi connectivity index (χ1n) is 12.5. The fourth-order valence-corrected chi connectivity index (χ4v) is 6.37. The second-order valence-electron chi connectivity index (χ2n) is 10.1. The monoisotopic (exact) mass is 535 g/mol. The van der Waals surface area contributed by atoms with Gasteiger partial charge >= 0.3 is 0 Å². The molecule has 1 unspecified atom stereocenters. The maximum atomic E-state index is 12.8. The molecule has 1 amide bonds. The molecule has 1 atom stereocenters. The Kier molecular flexibility index (Phi) is 8.40. The van der Waals surface area contributed by atoms with Crippen LogP contribution in [0.5, 0.6) is 5.75 Å². The maximum Gasteiger partial charge on any atom is 0.235 e. The molecule has 0 fully saturated rings. The first-order chi connectivity index (χ1) is 17.7. The number of allylic oxidation sites excluding steroid dienone is 1. The second kappa shape index (κ2) is 11.5. The van der Waals surface area contributed by atoms with Crippen molar-refractivity contribution < 1.29 is 9.53 Å². The van der Waals surface area contributed by atoms with Gasteiger partial charge in [0.2, 0.25) is 5.91 Å². The molecule has 1 aromatic carbocycles. The number of amides is 1. The summed E-state index contributed by atoms with van der Waals surface area (Å²) in [6.45, 7) is 12.8. The molecule has 1 aliphatic carbocycles. The van der Waals surface area contributed by atoms with Gasteiger partial charge in [-0.05, 0) is 61.3 Å². The van der Waals surface area contributed by atoms with Gasteiger partial charge in [0.1, 0.15) is 16.8 Å². The van der Waals surface area contributed by atoms with Gasteiger partial charge in [0, 0.05) is 11.4 Å². The number of nitrogens with zero attached hydrogens (tertiary/aromatic N) is 4. The van der Waals surface area contributed by atoms with Crippen molar-refractivity contribution in [3.05, 3.63) is 64.3 Å². The van der Waals surface area contributed by atoms with E-state index in [0.29, 0.717) is 28.1 Å². The average Bonchev–Trinajstić information content (AvgIpc) is 3.43. The molecule has 3 aromatic rings. The normalized spacial score (nSPS) is 13.9. The predicted octanol–water partition coefficient (Wildman–Crippen LogP) is 6.44. The molecule has 0 aliphatic heterocycles. The van der Waals surface area contributed by atoms with Crippen LogP contribution in [-0.2, 0) is 29.6 Å². The van der Waals surface area contributed by atoms with Crippen LogP contribution in [0.2, 0.25) is 0 Å². The van der Waals surface area contributed by atoms with Crippen LogP contribution in [0, 0.1) is 11.3 Å². The van der Waals surface area contributed by atoms with E-state index in [4.69, 9.17) is 4.74 Å². The number of carbonyl (C=O) groups is 1. The molecular weight excluding hydrogens is 502 g/mol. The minimum absolute atomic E-state index is 0.0751. The number of anilines is 1. The molecule has 4 rings (SSSR count). The van der Waals surface area contributed by atoms with E-state index >= 15 is 0 Å². The van der Waals surface area contributed by atoms with Gasteiger partial charge in [-0.1, -0.05) is 50.7 Å². The third-order valence-electron chi connectivity index (χ3n) is 6.32. The highest BCUT2D eigenvalue weighted by atomic mass is 32.2. The highest BCUT2D eigenvalue weighted by Gasteiger charge is 2.23. The molecule has 1 N–H and O–H groups in total. The lowest BCUT2D eigenvalue weighted by molar-refractivity contribution is -0.113. The van der Waals surface area contributed by atoms with Crippen LogP contribution in [-0.4, -0.2) is 26.4 Å². The van der Waals surface area contributed by atoms with E-state index in [2.05, 4.69) is 61.1 Å². The number of hydrogen-bond acceptors (Lipinski definition) is 7. The number of nitriles is 1. The number of benzene rings is 1. The van der Waals surface area contributed by atoms with E-state index in [1.807, 2.05) is 23.6 Å². The van der Waals surface area contributed by atoms with Crippen molar-refractivity contribution in [2.24, 2.45) is 0 Å². The molecule has 1 aliphatic rings. The molecule has 9 heteroatoms. The van der Waals surface area contributed by atoms with Crippen LogP contribution in [0.15, 0.2) is 42.1 Å². The van der Waals surface area contributed by atoms with Gasteiger partial charge in [0.15, 0.2) is 17.1 Å². The van der Waals surface area contributed by atoms with Crippen LogP contribution in [0.4, 0.5) is 5.00 Å². The third-order valence-corrected chi connectivity index (χ3v) is 8.50. The largest absolute Gasteiger partial charge is 0.483 e. The fourth-order valence-electron chi connectivity index (χ4n) is 4.36. The molecule has 0 saturated heterocycles. The molecular formula is C28H33N5O2S2.